The van der Waals surface area contributed by atoms with Crippen LogP contribution in [0.4, 0.5) is 0 Å². The minimum atomic E-state index is 0.269. The van der Waals surface area contributed by atoms with E-state index in [9.17, 15) is 0 Å². The fraction of sp³-hybridized carbons (Fsp3) is 0.217. The molecule has 1 aliphatic rings. The summed E-state index contributed by atoms with van der Waals surface area (Å²) in [5.74, 6) is 0.269. The van der Waals surface area contributed by atoms with Gasteiger partial charge in [-0.05, 0) is 66.8 Å². The maximum atomic E-state index is 6.34. The van der Waals surface area contributed by atoms with Crippen molar-refractivity contribution in [1.82, 2.24) is 0 Å². The second-order valence-corrected chi connectivity index (χ2v) is 7.43. The van der Waals surface area contributed by atoms with Crippen LogP contribution in [0.15, 0.2) is 37.5 Å². The standard InChI is InChI=1S/C23H18O3/c1-4-13-9-18-22-19(10-13)26-17-8-12(3)6-15-21(17)23(22)20-14(24-15)5-11(2)7-16(20)25-18/h5-11H,4H2,1-3H3. The molecule has 0 fully saturated rings. The Morgan fingerprint density at radius 1 is 0.731 bits per heavy atom. The van der Waals surface area contributed by atoms with Gasteiger partial charge in [0.15, 0.2) is 0 Å². The van der Waals surface area contributed by atoms with Crippen molar-refractivity contribution in [1.29, 1.82) is 0 Å². The van der Waals surface area contributed by atoms with Crippen molar-refractivity contribution in [2.75, 3.05) is 0 Å². The molecule has 3 heterocycles. The smallest absolute Gasteiger partial charge is 0.139 e. The average molecular weight is 342 g/mol. The quantitative estimate of drug-likeness (QED) is 0.312. The van der Waals surface area contributed by atoms with Gasteiger partial charge in [0.05, 0.1) is 16.2 Å². The fourth-order valence-corrected chi connectivity index (χ4v) is 4.34. The van der Waals surface area contributed by atoms with E-state index in [1.807, 2.05) is 0 Å². The largest absolute Gasteiger partial charge is 0.456 e. The summed E-state index contributed by atoms with van der Waals surface area (Å²) in [6.45, 7) is 6.38. The van der Waals surface area contributed by atoms with E-state index < -0.39 is 0 Å². The van der Waals surface area contributed by atoms with Crippen LogP contribution >= 0.6 is 0 Å². The van der Waals surface area contributed by atoms with Crippen molar-refractivity contribution in [3.63, 3.8) is 0 Å². The van der Waals surface area contributed by atoms with E-state index in [1.54, 1.807) is 0 Å². The zero-order chi connectivity index (χ0) is 17.6. The number of hydrogen-bond donors (Lipinski definition) is 0. The Morgan fingerprint density at radius 3 is 1.88 bits per heavy atom. The Hall–Kier alpha value is -2.94. The van der Waals surface area contributed by atoms with Crippen molar-refractivity contribution in [2.45, 2.75) is 27.2 Å². The van der Waals surface area contributed by atoms with E-state index in [1.165, 1.54) is 10.9 Å². The monoisotopic (exact) mass is 342 g/mol. The van der Waals surface area contributed by atoms with Crippen LogP contribution in [0.1, 0.15) is 25.0 Å². The van der Waals surface area contributed by atoms with Crippen LogP contribution in [0.5, 0.6) is 0 Å². The van der Waals surface area contributed by atoms with E-state index >= 15 is 0 Å². The molecule has 3 nitrogen and oxygen atoms in total. The third-order valence-corrected chi connectivity index (χ3v) is 5.48. The molecular formula is C23H18O3. The van der Waals surface area contributed by atoms with Gasteiger partial charge in [0, 0.05) is 5.39 Å². The van der Waals surface area contributed by atoms with Crippen molar-refractivity contribution in [3.8, 4) is 0 Å². The maximum absolute atomic E-state index is 6.34. The molecule has 5 aromatic rings. The van der Waals surface area contributed by atoms with E-state index in [2.05, 4.69) is 57.2 Å². The first kappa shape index (κ1) is 14.3. The highest BCUT2D eigenvalue weighted by atomic mass is 16.4. The van der Waals surface area contributed by atoms with Crippen LogP contribution in [0, 0.1) is 12.8 Å². The first-order valence-corrected chi connectivity index (χ1v) is 9.17. The van der Waals surface area contributed by atoms with Gasteiger partial charge in [0.1, 0.15) is 33.2 Å². The van der Waals surface area contributed by atoms with Gasteiger partial charge in [-0.1, -0.05) is 13.8 Å². The highest BCUT2D eigenvalue weighted by Crippen LogP contribution is 2.39. The van der Waals surface area contributed by atoms with Crippen LogP contribution in [0.25, 0.3) is 56.0 Å². The number of rotatable bonds is 1. The summed E-state index contributed by atoms with van der Waals surface area (Å²) in [5.41, 5.74) is 7.64. The van der Waals surface area contributed by atoms with E-state index in [0.717, 1.165) is 61.3 Å². The molecule has 0 N–H and O–H groups in total. The van der Waals surface area contributed by atoms with Crippen LogP contribution in [0.2, 0.25) is 0 Å². The van der Waals surface area contributed by atoms with Gasteiger partial charge < -0.3 is 13.3 Å². The van der Waals surface area contributed by atoms with E-state index in [-0.39, 0.29) is 5.92 Å². The molecule has 1 unspecified atom stereocenters. The molecule has 6 rings (SSSR count). The maximum Gasteiger partial charge on any atom is 0.139 e. The summed E-state index contributed by atoms with van der Waals surface area (Å²) in [4.78, 5) is 0. The van der Waals surface area contributed by atoms with Crippen LogP contribution in [-0.4, -0.2) is 0 Å². The molecule has 3 aromatic heterocycles. The molecule has 1 atom stereocenters. The molecule has 128 valence electrons. The third-order valence-electron chi connectivity index (χ3n) is 5.48. The Bertz CT molecular complexity index is 1490. The fourth-order valence-electron chi connectivity index (χ4n) is 4.34. The van der Waals surface area contributed by atoms with Gasteiger partial charge in [-0.15, -0.1) is 0 Å². The molecular weight excluding hydrogens is 324 g/mol. The van der Waals surface area contributed by atoms with E-state index in [4.69, 9.17) is 13.3 Å². The van der Waals surface area contributed by atoms with Crippen molar-refractivity contribution >= 4 is 56.0 Å². The van der Waals surface area contributed by atoms with Crippen LogP contribution in [0.3, 0.4) is 0 Å². The van der Waals surface area contributed by atoms with Gasteiger partial charge in [-0.25, -0.2) is 0 Å². The lowest BCUT2D eigenvalue weighted by molar-refractivity contribution is 0.542. The summed E-state index contributed by atoms with van der Waals surface area (Å²) >= 11 is 0. The van der Waals surface area contributed by atoms with E-state index in [0.29, 0.717) is 0 Å². The van der Waals surface area contributed by atoms with Gasteiger partial charge >= 0.3 is 0 Å². The second-order valence-electron chi connectivity index (χ2n) is 7.43. The number of aryl methyl sites for hydroxylation is 2. The molecule has 0 aliphatic heterocycles. The topological polar surface area (TPSA) is 39.4 Å². The van der Waals surface area contributed by atoms with Crippen LogP contribution in [-0.2, 0) is 6.42 Å². The first-order chi connectivity index (χ1) is 12.6. The summed E-state index contributed by atoms with van der Waals surface area (Å²) in [6, 6.07) is 8.47. The normalized spacial score (nSPS) is 16.7. The number of hydrogen-bond acceptors (Lipinski definition) is 3. The molecule has 0 radical (unpaired) electrons. The molecule has 3 heteroatoms. The van der Waals surface area contributed by atoms with Gasteiger partial charge in [0.25, 0.3) is 0 Å². The lowest BCUT2D eigenvalue weighted by Gasteiger charge is -2.16. The summed E-state index contributed by atoms with van der Waals surface area (Å²) in [5, 5.41) is 4.35. The highest BCUT2D eigenvalue weighted by Gasteiger charge is 2.22. The predicted molar refractivity (Wildman–Crippen MR) is 105 cm³/mol. The zero-order valence-electron chi connectivity index (χ0n) is 15.0. The lowest BCUT2D eigenvalue weighted by Crippen LogP contribution is -2.20. The first-order valence-electron chi connectivity index (χ1n) is 9.17. The Labute approximate surface area is 149 Å². The predicted octanol–water partition coefficient (Wildman–Crippen LogP) is 5.16. The molecule has 0 spiro atoms. The second kappa shape index (κ2) is 4.61. The minimum Gasteiger partial charge on any atom is -0.456 e. The SMILES string of the molecule is CCc1cc2oc3c4c(oc5cc(C)cc6oc(c1)c2c4c56)=CC(C)C=3. The molecule has 0 saturated carbocycles. The Balaban J connectivity index is 2.06. The minimum absolute atomic E-state index is 0.269. The van der Waals surface area contributed by atoms with Gasteiger partial charge in [-0.3, -0.25) is 0 Å². The summed E-state index contributed by atoms with van der Waals surface area (Å²) < 4.78 is 19.0. The molecule has 0 amide bonds. The van der Waals surface area contributed by atoms with Crippen molar-refractivity contribution in [2.24, 2.45) is 5.92 Å². The van der Waals surface area contributed by atoms with Gasteiger partial charge in [0.2, 0.25) is 0 Å². The molecule has 26 heavy (non-hydrogen) atoms. The Kier molecular flexibility index (Phi) is 2.53. The molecule has 1 aliphatic carbocycles. The average Bonchev–Trinajstić information content (AvgIpc) is 2.59. The number of benzene rings is 2. The van der Waals surface area contributed by atoms with Crippen molar-refractivity contribution < 1.29 is 13.3 Å². The molecule has 2 aromatic carbocycles. The Morgan fingerprint density at radius 2 is 1.27 bits per heavy atom. The third kappa shape index (κ3) is 1.68. The molecule has 0 saturated heterocycles. The summed E-state index contributed by atoms with van der Waals surface area (Å²) in [6.07, 6.45) is 5.28. The van der Waals surface area contributed by atoms with Gasteiger partial charge in [-0.2, -0.15) is 0 Å². The zero-order valence-corrected chi connectivity index (χ0v) is 15.0. The van der Waals surface area contributed by atoms with Crippen LogP contribution < -0.4 is 10.8 Å². The van der Waals surface area contributed by atoms with Crippen molar-refractivity contribution in [3.05, 3.63) is 46.2 Å². The highest BCUT2D eigenvalue weighted by molar-refractivity contribution is 6.26. The lowest BCUT2D eigenvalue weighted by atomic mass is 9.96. The molecule has 0 bridgehead atoms. The summed E-state index contributed by atoms with van der Waals surface area (Å²) in [7, 11) is 0.